The summed E-state index contributed by atoms with van der Waals surface area (Å²) in [4.78, 5) is 6.21. The molecule has 0 atom stereocenters. The van der Waals surface area contributed by atoms with Crippen LogP contribution in [0.15, 0.2) is 53.7 Å². The number of benzene rings is 2. The fourth-order valence-corrected chi connectivity index (χ4v) is 4.00. The summed E-state index contributed by atoms with van der Waals surface area (Å²) in [6.07, 6.45) is 3.11. The first-order chi connectivity index (χ1) is 15.2. The van der Waals surface area contributed by atoms with Gasteiger partial charge in [0.15, 0.2) is 5.82 Å². The third kappa shape index (κ3) is 5.62. The predicted octanol–water partition coefficient (Wildman–Crippen LogP) is 4.75. The van der Waals surface area contributed by atoms with Gasteiger partial charge >= 0.3 is 0 Å². The van der Waals surface area contributed by atoms with E-state index in [0.717, 1.165) is 42.7 Å². The Balaban J connectivity index is 1.20. The number of hydrogen-bond acceptors (Lipinski definition) is 7. The van der Waals surface area contributed by atoms with Crippen LogP contribution in [0.25, 0.3) is 22.8 Å². The number of unbranched alkanes of at least 4 members (excludes halogenated alkanes) is 2. The van der Waals surface area contributed by atoms with Gasteiger partial charge in [-0.3, -0.25) is 5.10 Å². The molecule has 4 aromatic rings. The summed E-state index contributed by atoms with van der Waals surface area (Å²) < 4.78 is 5.38. The topological polar surface area (TPSA) is 94.4 Å². The lowest BCUT2D eigenvalue weighted by molar-refractivity contribution is 0.416. The highest BCUT2D eigenvalue weighted by Crippen LogP contribution is 2.31. The Morgan fingerprint density at radius 3 is 2.81 bits per heavy atom. The van der Waals surface area contributed by atoms with Gasteiger partial charge in [-0.15, -0.1) is 15.3 Å². The molecule has 31 heavy (non-hydrogen) atoms. The second-order valence-electron chi connectivity index (χ2n) is 6.80. The highest BCUT2D eigenvalue weighted by molar-refractivity contribution is 7.99. The molecule has 2 heterocycles. The van der Waals surface area contributed by atoms with E-state index in [1.807, 2.05) is 42.5 Å². The molecule has 0 saturated carbocycles. The van der Waals surface area contributed by atoms with Crippen LogP contribution >= 0.6 is 23.4 Å². The number of hydrogen-bond donors (Lipinski definition) is 1. The second kappa shape index (κ2) is 10.4. The van der Waals surface area contributed by atoms with E-state index in [0.29, 0.717) is 27.6 Å². The average molecular weight is 456 g/mol. The summed E-state index contributed by atoms with van der Waals surface area (Å²) in [7, 11) is 1.62. The van der Waals surface area contributed by atoms with Crippen LogP contribution in [-0.2, 0) is 6.54 Å². The molecular formula is C21H22ClN7OS. The van der Waals surface area contributed by atoms with Crippen LogP contribution in [0, 0.1) is 0 Å². The van der Waals surface area contributed by atoms with Crippen molar-refractivity contribution in [1.29, 1.82) is 0 Å². The molecule has 0 fully saturated rings. The molecule has 0 amide bonds. The van der Waals surface area contributed by atoms with Crippen LogP contribution in [0.3, 0.4) is 0 Å². The highest BCUT2D eigenvalue weighted by Gasteiger charge is 2.12. The smallest absolute Gasteiger partial charge is 0.208 e. The molecule has 2 aromatic carbocycles. The Kier molecular flexibility index (Phi) is 7.16. The minimum Gasteiger partial charge on any atom is -0.496 e. The number of nitrogens with one attached hydrogen (secondary N) is 1. The molecule has 2 aromatic heterocycles. The summed E-state index contributed by atoms with van der Waals surface area (Å²) in [5, 5.41) is 21.3. The zero-order chi connectivity index (χ0) is 21.5. The number of thioether (sulfide) groups is 1. The van der Waals surface area contributed by atoms with Crippen molar-refractivity contribution in [3.8, 4) is 28.5 Å². The fourth-order valence-electron chi connectivity index (χ4n) is 3.03. The Bertz CT molecular complexity index is 1120. The maximum atomic E-state index is 6.10. The van der Waals surface area contributed by atoms with E-state index in [9.17, 15) is 0 Å². The third-order valence-electron chi connectivity index (χ3n) is 4.60. The molecule has 0 aliphatic carbocycles. The van der Waals surface area contributed by atoms with Gasteiger partial charge in [-0.2, -0.15) is 4.80 Å². The first-order valence-electron chi connectivity index (χ1n) is 9.95. The molecule has 0 unspecified atom stereocenters. The fraction of sp³-hybridized carbons (Fsp3) is 0.286. The van der Waals surface area contributed by atoms with Gasteiger partial charge < -0.3 is 4.74 Å². The molecule has 0 radical (unpaired) electrons. The minimum absolute atomic E-state index is 0.624. The van der Waals surface area contributed by atoms with Gasteiger partial charge in [0.2, 0.25) is 11.0 Å². The van der Waals surface area contributed by atoms with Crippen LogP contribution in [0.5, 0.6) is 5.75 Å². The maximum absolute atomic E-state index is 6.10. The number of methoxy groups -OCH3 is 1. The van der Waals surface area contributed by atoms with Gasteiger partial charge in [0.25, 0.3) is 0 Å². The SMILES string of the molecule is COc1ccc(Cl)cc1-c1nc(SCCCCCn2nnc(-c3ccccc3)n2)n[nH]1. The van der Waals surface area contributed by atoms with Crippen molar-refractivity contribution < 1.29 is 4.74 Å². The summed E-state index contributed by atoms with van der Waals surface area (Å²) in [5.41, 5.74) is 1.77. The van der Waals surface area contributed by atoms with Crippen molar-refractivity contribution >= 4 is 23.4 Å². The van der Waals surface area contributed by atoms with Crippen molar-refractivity contribution in [3.05, 3.63) is 53.6 Å². The Morgan fingerprint density at radius 2 is 1.97 bits per heavy atom. The van der Waals surface area contributed by atoms with Gasteiger partial charge in [0.1, 0.15) is 5.75 Å². The van der Waals surface area contributed by atoms with Gasteiger partial charge in [0.05, 0.1) is 19.2 Å². The minimum atomic E-state index is 0.624. The molecule has 0 aliphatic rings. The van der Waals surface area contributed by atoms with Gasteiger partial charge in [-0.05, 0) is 36.3 Å². The quantitative estimate of drug-likeness (QED) is 0.272. The van der Waals surface area contributed by atoms with Gasteiger partial charge in [-0.25, -0.2) is 4.98 Å². The van der Waals surface area contributed by atoms with E-state index in [2.05, 4.69) is 30.6 Å². The first kappa shape index (κ1) is 21.3. The van der Waals surface area contributed by atoms with Crippen molar-refractivity contribution in [2.45, 2.75) is 31.0 Å². The van der Waals surface area contributed by atoms with E-state index in [1.54, 1.807) is 29.7 Å². The molecule has 0 bridgehead atoms. The molecule has 8 nitrogen and oxygen atoms in total. The van der Waals surface area contributed by atoms with Crippen molar-refractivity contribution in [2.75, 3.05) is 12.9 Å². The number of rotatable bonds is 10. The zero-order valence-corrected chi connectivity index (χ0v) is 18.6. The van der Waals surface area contributed by atoms with E-state index in [-0.39, 0.29) is 0 Å². The molecule has 4 rings (SSSR count). The molecule has 0 aliphatic heterocycles. The number of ether oxygens (including phenoxy) is 1. The monoisotopic (exact) mass is 455 g/mol. The number of aromatic nitrogens is 7. The van der Waals surface area contributed by atoms with E-state index in [4.69, 9.17) is 16.3 Å². The lowest BCUT2D eigenvalue weighted by Gasteiger charge is -2.05. The van der Waals surface area contributed by atoms with Crippen molar-refractivity contribution in [3.63, 3.8) is 0 Å². The lowest BCUT2D eigenvalue weighted by atomic mass is 10.2. The van der Waals surface area contributed by atoms with E-state index < -0.39 is 0 Å². The lowest BCUT2D eigenvalue weighted by Crippen LogP contribution is -2.02. The standard InChI is InChI=1S/C21H22ClN7OS/c1-30-18-11-10-16(22)14-17(18)20-23-21(26-24-20)31-13-7-3-6-12-29-27-19(25-28-29)15-8-4-2-5-9-15/h2,4-5,8-11,14H,3,6-7,12-13H2,1H3,(H,23,24,26). The highest BCUT2D eigenvalue weighted by atomic mass is 35.5. The van der Waals surface area contributed by atoms with Crippen LogP contribution in [-0.4, -0.2) is 48.3 Å². The zero-order valence-electron chi connectivity index (χ0n) is 17.0. The number of tetrazole rings is 1. The number of H-pyrrole nitrogens is 1. The summed E-state index contributed by atoms with van der Waals surface area (Å²) in [6, 6.07) is 15.3. The molecule has 160 valence electrons. The first-order valence-corrected chi connectivity index (χ1v) is 11.3. The largest absolute Gasteiger partial charge is 0.496 e. The van der Waals surface area contributed by atoms with E-state index >= 15 is 0 Å². The Hall–Kier alpha value is -2.91. The summed E-state index contributed by atoms with van der Waals surface area (Å²) in [6.45, 7) is 0.754. The van der Waals surface area contributed by atoms with Gasteiger partial charge in [0, 0.05) is 16.3 Å². The normalized spacial score (nSPS) is 11.0. The molecule has 0 spiro atoms. The number of halogens is 1. The third-order valence-corrected chi connectivity index (χ3v) is 5.77. The molecule has 0 saturated heterocycles. The molecule has 1 N–H and O–H groups in total. The van der Waals surface area contributed by atoms with Gasteiger partial charge in [-0.1, -0.05) is 60.1 Å². The average Bonchev–Trinajstić information content (AvgIpc) is 3.47. The number of aromatic amines is 1. The van der Waals surface area contributed by atoms with Crippen LogP contribution < -0.4 is 4.74 Å². The maximum Gasteiger partial charge on any atom is 0.208 e. The van der Waals surface area contributed by atoms with Crippen molar-refractivity contribution in [2.24, 2.45) is 0 Å². The molecular weight excluding hydrogens is 434 g/mol. The number of aryl methyl sites for hydroxylation is 1. The number of nitrogens with zero attached hydrogens (tertiary/aromatic N) is 6. The predicted molar refractivity (Wildman–Crippen MR) is 121 cm³/mol. The van der Waals surface area contributed by atoms with Crippen LogP contribution in [0.4, 0.5) is 0 Å². The molecule has 10 heteroatoms. The van der Waals surface area contributed by atoms with Crippen LogP contribution in [0.2, 0.25) is 5.02 Å². The van der Waals surface area contributed by atoms with Crippen molar-refractivity contribution in [1.82, 2.24) is 35.4 Å². The second-order valence-corrected chi connectivity index (χ2v) is 8.29. The van der Waals surface area contributed by atoms with Crippen LogP contribution in [0.1, 0.15) is 19.3 Å². The summed E-state index contributed by atoms with van der Waals surface area (Å²) in [5.74, 6) is 2.94. The van der Waals surface area contributed by atoms with E-state index in [1.165, 1.54) is 0 Å². The Labute approximate surface area is 189 Å². The Morgan fingerprint density at radius 1 is 1.10 bits per heavy atom. The summed E-state index contributed by atoms with van der Waals surface area (Å²) >= 11 is 7.73.